The second-order valence-electron chi connectivity index (χ2n) is 4.99. The van der Waals surface area contributed by atoms with E-state index in [4.69, 9.17) is 5.73 Å². The van der Waals surface area contributed by atoms with Crippen molar-refractivity contribution in [1.82, 2.24) is 9.80 Å². The van der Waals surface area contributed by atoms with E-state index < -0.39 is 0 Å². The SMILES string of the molecule is CC(=O)N1CCN(Cc2cccc(C#CCN)c2)CC1. The van der Waals surface area contributed by atoms with Crippen LogP contribution in [0.25, 0.3) is 0 Å². The number of hydrogen-bond acceptors (Lipinski definition) is 3. The lowest BCUT2D eigenvalue weighted by molar-refractivity contribution is -0.130. The lowest BCUT2D eigenvalue weighted by Gasteiger charge is -2.34. The van der Waals surface area contributed by atoms with Crippen LogP contribution >= 0.6 is 0 Å². The Hall–Kier alpha value is -1.83. The Morgan fingerprint density at radius 3 is 2.70 bits per heavy atom. The quantitative estimate of drug-likeness (QED) is 0.804. The van der Waals surface area contributed by atoms with Crippen LogP contribution in [-0.4, -0.2) is 48.4 Å². The minimum Gasteiger partial charge on any atom is -0.340 e. The molecule has 0 saturated carbocycles. The van der Waals surface area contributed by atoms with Crippen LogP contribution in [0.15, 0.2) is 24.3 Å². The van der Waals surface area contributed by atoms with E-state index in [1.54, 1.807) is 6.92 Å². The molecule has 20 heavy (non-hydrogen) atoms. The Balaban J connectivity index is 1.92. The molecule has 1 aliphatic rings. The van der Waals surface area contributed by atoms with Gasteiger partial charge in [0.1, 0.15) is 0 Å². The van der Waals surface area contributed by atoms with Crippen molar-refractivity contribution in [3.8, 4) is 11.8 Å². The normalized spacial score (nSPS) is 15.6. The number of carbonyl (C=O) groups is 1. The van der Waals surface area contributed by atoms with Crippen LogP contribution in [-0.2, 0) is 11.3 Å². The fraction of sp³-hybridized carbons (Fsp3) is 0.438. The van der Waals surface area contributed by atoms with Crippen molar-refractivity contribution < 1.29 is 4.79 Å². The van der Waals surface area contributed by atoms with Crippen molar-refractivity contribution in [3.05, 3.63) is 35.4 Å². The molecule has 0 spiro atoms. The molecule has 1 saturated heterocycles. The van der Waals surface area contributed by atoms with Gasteiger partial charge >= 0.3 is 0 Å². The molecule has 0 bridgehead atoms. The first-order chi connectivity index (χ1) is 9.69. The molecule has 0 aliphatic carbocycles. The topological polar surface area (TPSA) is 49.6 Å². The summed E-state index contributed by atoms with van der Waals surface area (Å²) in [6, 6.07) is 8.26. The Bertz CT molecular complexity index is 522. The summed E-state index contributed by atoms with van der Waals surface area (Å²) >= 11 is 0. The number of carbonyl (C=O) groups excluding carboxylic acids is 1. The van der Waals surface area contributed by atoms with Gasteiger partial charge in [-0.1, -0.05) is 24.0 Å². The lowest BCUT2D eigenvalue weighted by atomic mass is 10.1. The molecular weight excluding hydrogens is 250 g/mol. The summed E-state index contributed by atoms with van der Waals surface area (Å²) in [4.78, 5) is 15.6. The van der Waals surface area contributed by atoms with E-state index in [1.165, 1.54) is 5.56 Å². The number of amides is 1. The molecule has 1 heterocycles. The van der Waals surface area contributed by atoms with Crippen molar-refractivity contribution >= 4 is 5.91 Å². The maximum absolute atomic E-state index is 11.3. The molecule has 1 aromatic carbocycles. The predicted molar refractivity (Wildman–Crippen MR) is 79.9 cm³/mol. The summed E-state index contributed by atoms with van der Waals surface area (Å²) in [5, 5.41) is 0. The van der Waals surface area contributed by atoms with Crippen LogP contribution in [0.5, 0.6) is 0 Å². The highest BCUT2D eigenvalue weighted by Crippen LogP contribution is 2.10. The zero-order valence-corrected chi connectivity index (χ0v) is 11.9. The van der Waals surface area contributed by atoms with E-state index in [1.807, 2.05) is 17.0 Å². The minimum atomic E-state index is 0.170. The summed E-state index contributed by atoms with van der Waals surface area (Å²) in [6.07, 6.45) is 0. The Kier molecular flexibility index (Phi) is 5.16. The van der Waals surface area contributed by atoms with Gasteiger partial charge in [-0.25, -0.2) is 0 Å². The van der Waals surface area contributed by atoms with Gasteiger partial charge in [-0.15, -0.1) is 0 Å². The molecule has 0 atom stereocenters. The van der Waals surface area contributed by atoms with Crippen molar-refractivity contribution in [2.24, 2.45) is 5.73 Å². The fourth-order valence-electron chi connectivity index (χ4n) is 2.38. The van der Waals surface area contributed by atoms with Gasteiger partial charge in [0.05, 0.1) is 6.54 Å². The van der Waals surface area contributed by atoms with Gasteiger partial charge in [-0.05, 0) is 17.7 Å². The van der Waals surface area contributed by atoms with Gasteiger partial charge in [-0.2, -0.15) is 0 Å². The van der Waals surface area contributed by atoms with E-state index in [0.717, 1.165) is 38.3 Å². The van der Waals surface area contributed by atoms with Crippen LogP contribution in [0.2, 0.25) is 0 Å². The zero-order chi connectivity index (χ0) is 14.4. The largest absolute Gasteiger partial charge is 0.340 e. The number of hydrogen-bond donors (Lipinski definition) is 1. The summed E-state index contributed by atoms with van der Waals surface area (Å²) < 4.78 is 0. The van der Waals surface area contributed by atoms with Crippen LogP contribution in [0, 0.1) is 11.8 Å². The predicted octanol–water partition coefficient (Wildman–Crippen LogP) is 0.661. The van der Waals surface area contributed by atoms with Gasteiger partial charge in [0.2, 0.25) is 5.91 Å². The zero-order valence-electron chi connectivity index (χ0n) is 11.9. The van der Waals surface area contributed by atoms with Crippen LogP contribution < -0.4 is 5.73 Å². The molecule has 1 fully saturated rings. The van der Waals surface area contributed by atoms with E-state index in [9.17, 15) is 4.79 Å². The summed E-state index contributed by atoms with van der Waals surface area (Å²) in [5.41, 5.74) is 7.65. The third-order valence-electron chi connectivity index (χ3n) is 3.49. The molecule has 0 radical (unpaired) electrons. The van der Waals surface area contributed by atoms with Gasteiger partial charge in [0.25, 0.3) is 0 Å². The molecule has 0 aromatic heterocycles. The first kappa shape index (κ1) is 14.6. The minimum absolute atomic E-state index is 0.170. The summed E-state index contributed by atoms with van der Waals surface area (Å²) in [6.45, 7) is 6.43. The average molecular weight is 271 g/mol. The van der Waals surface area contributed by atoms with Gasteiger partial charge in [0.15, 0.2) is 0 Å². The van der Waals surface area contributed by atoms with Crippen molar-refractivity contribution in [2.75, 3.05) is 32.7 Å². The van der Waals surface area contributed by atoms with E-state index in [-0.39, 0.29) is 5.91 Å². The standard InChI is InChI=1S/C16H21N3O/c1-14(20)19-10-8-18(9-11-19)13-16-5-2-4-15(12-16)6-3-7-17/h2,4-5,12H,7-11,13,17H2,1H3. The number of piperazine rings is 1. The molecule has 1 aliphatic heterocycles. The highest BCUT2D eigenvalue weighted by Gasteiger charge is 2.18. The molecule has 106 valence electrons. The monoisotopic (exact) mass is 271 g/mol. The van der Waals surface area contributed by atoms with Crippen molar-refractivity contribution in [2.45, 2.75) is 13.5 Å². The maximum Gasteiger partial charge on any atom is 0.219 e. The second kappa shape index (κ2) is 7.09. The number of rotatable bonds is 2. The Labute approximate surface area is 120 Å². The smallest absolute Gasteiger partial charge is 0.219 e. The van der Waals surface area contributed by atoms with E-state index in [0.29, 0.717) is 6.54 Å². The number of nitrogens with two attached hydrogens (primary N) is 1. The number of benzene rings is 1. The first-order valence-electron chi connectivity index (χ1n) is 6.95. The van der Waals surface area contributed by atoms with Crippen LogP contribution in [0.1, 0.15) is 18.1 Å². The summed E-state index contributed by atoms with van der Waals surface area (Å²) in [5.74, 6) is 6.10. The molecule has 2 rings (SSSR count). The van der Waals surface area contributed by atoms with Crippen LogP contribution in [0.4, 0.5) is 0 Å². The Morgan fingerprint density at radius 1 is 1.30 bits per heavy atom. The molecule has 4 nitrogen and oxygen atoms in total. The van der Waals surface area contributed by atoms with Crippen molar-refractivity contribution in [3.63, 3.8) is 0 Å². The molecular formula is C16H21N3O. The van der Waals surface area contributed by atoms with Gasteiger partial charge in [-0.3, -0.25) is 9.69 Å². The first-order valence-corrected chi connectivity index (χ1v) is 6.95. The van der Waals surface area contributed by atoms with Gasteiger partial charge < -0.3 is 10.6 Å². The molecule has 1 aromatic rings. The van der Waals surface area contributed by atoms with E-state index in [2.05, 4.69) is 28.9 Å². The maximum atomic E-state index is 11.3. The third kappa shape index (κ3) is 4.09. The summed E-state index contributed by atoms with van der Waals surface area (Å²) in [7, 11) is 0. The third-order valence-corrected chi connectivity index (χ3v) is 3.49. The number of nitrogens with zero attached hydrogens (tertiary/aromatic N) is 2. The fourth-order valence-corrected chi connectivity index (χ4v) is 2.38. The Morgan fingerprint density at radius 2 is 2.05 bits per heavy atom. The highest BCUT2D eigenvalue weighted by atomic mass is 16.2. The van der Waals surface area contributed by atoms with Gasteiger partial charge in [0, 0.05) is 45.2 Å². The highest BCUT2D eigenvalue weighted by molar-refractivity contribution is 5.73. The molecule has 2 N–H and O–H groups in total. The molecule has 1 amide bonds. The van der Waals surface area contributed by atoms with E-state index >= 15 is 0 Å². The van der Waals surface area contributed by atoms with Crippen LogP contribution in [0.3, 0.4) is 0 Å². The lowest BCUT2D eigenvalue weighted by Crippen LogP contribution is -2.47. The molecule has 4 heteroatoms. The second-order valence-corrected chi connectivity index (χ2v) is 4.99. The average Bonchev–Trinajstić information content (AvgIpc) is 2.46. The van der Waals surface area contributed by atoms with Crippen molar-refractivity contribution in [1.29, 1.82) is 0 Å². The molecule has 0 unspecified atom stereocenters.